The molecule has 1 saturated carbocycles. The van der Waals surface area contributed by atoms with Crippen LogP contribution < -0.4 is 10.1 Å². The first-order valence-corrected chi connectivity index (χ1v) is 6.87. The van der Waals surface area contributed by atoms with Gasteiger partial charge in [0.05, 0.1) is 6.61 Å². The lowest BCUT2D eigenvalue weighted by molar-refractivity contribution is 0.00979. The van der Waals surface area contributed by atoms with Crippen molar-refractivity contribution in [2.24, 2.45) is 5.92 Å². The first-order valence-electron chi connectivity index (χ1n) is 6.87. The van der Waals surface area contributed by atoms with Crippen LogP contribution in [0.5, 0.6) is 5.75 Å². The minimum Gasteiger partial charge on any atom is -0.467 e. The summed E-state index contributed by atoms with van der Waals surface area (Å²) in [6.07, 6.45) is 2.51. The number of hydrogen-bond acceptors (Lipinski definition) is 3. The maximum Gasteiger partial charge on any atom is 0.189 e. The number of benzene rings is 1. The van der Waals surface area contributed by atoms with E-state index in [1.54, 1.807) is 0 Å². The molecule has 3 nitrogen and oxygen atoms in total. The topological polar surface area (TPSA) is 30.5 Å². The van der Waals surface area contributed by atoms with Crippen LogP contribution in [0.1, 0.15) is 32.3 Å². The predicted octanol–water partition coefficient (Wildman–Crippen LogP) is 3.09. The number of ether oxygens (including phenoxy) is 2. The molecule has 0 spiro atoms. The summed E-state index contributed by atoms with van der Waals surface area (Å²) in [4.78, 5) is 0. The predicted molar refractivity (Wildman–Crippen MR) is 72.5 cm³/mol. The highest BCUT2D eigenvalue weighted by Crippen LogP contribution is 2.28. The molecular formula is C15H22FNO2. The molecule has 1 aromatic rings. The van der Waals surface area contributed by atoms with Gasteiger partial charge in [-0.15, -0.1) is 0 Å². The van der Waals surface area contributed by atoms with Crippen LogP contribution in [0.3, 0.4) is 0 Å². The fourth-order valence-corrected chi connectivity index (χ4v) is 1.74. The fraction of sp³-hybridized carbons (Fsp3) is 0.600. The summed E-state index contributed by atoms with van der Waals surface area (Å²) in [7, 11) is 0. The van der Waals surface area contributed by atoms with E-state index in [0.717, 1.165) is 12.2 Å². The molecule has 19 heavy (non-hydrogen) atoms. The van der Waals surface area contributed by atoms with Gasteiger partial charge in [0, 0.05) is 18.7 Å². The molecule has 0 aromatic heterocycles. The Hall–Kier alpha value is -1.13. The second-order valence-corrected chi connectivity index (χ2v) is 5.41. The monoisotopic (exact) mass is 267 g/mol. The van der Waals surface area contributed by atoms with Crippen LogP contribution in [0.2, 0.25) is 0 Å². The molecule has 1 aliphatic carbocycles. The molecule has 0 bridgehead atoms. The largest absolute Gasteiger partial charge is 0.467 e. The Bertz CT molecular complexity index is 405. The van der Waals surface area contributed by atoms with Gasteiger partial charge in [0.25, 0.3) is 0 Å². The number of hydrogen-bond donors (Lipinski definition) is 1. The summed E-state index contributed by atoms with van der Waals surface area (Å²) < 4.78 is 24.3. The Morgan fingerprint density at radius 2 is 2.11 bits per heavy atom. The third-order valence-corrected chi connectivity index (χ3v) is 3.00. The van der Waals surface area contributed by atoms with Crippen molar-refractivity contribution >= 4 is 0 Å². The van der Waals surface area contributed by atoms with Crippen LogP contribution in [0.25, 0.3) is 0 Å². The van der Waals surface area contributed by atoms with Crippen molar-refractivity contribution in [3.63, 3.8) is 0 Å². The van der Waals surface area contributed by atoms with Crippen molar-refractivity contribution in [2.75, 3.05) is 13.4 Å². The van der Waals surface area contributed by atoms with E-state index in [9.17, 15) is 4.39 Å². The van der Waals surface area contributed by atoms with Crippen LogP contribution in [0.4, 0.5) is 4.39 Å². The lowest BCUT2D eigenvalue weighted by Crippen LogP contribution is -2.21. The molecule has 2 rings (SSSR count). The summed E-state index contributed by atoms with van der Waals surface area (Å²) in [5.74, 6) is 0.957. The lowest BCUT2D eigenvalue weighted by Gasteiger charge is -2.11. The van der Waals surface area contributed by atoms with Gasteiger partial charge >= 0.3 is 0 Å². The van der Waals surface area contributed by atoms with Crippen molar-refractivity contribution in [3.8, 4) is 5.75 Å². The SMILES string of the molecule is CC(C)NCc1cc(F)cc(OCOCC2CC2)c1. The highest BCUT2D eigenvalue weighted by molar-refractivity contribution is 5.29. The first kappa shape index (κ1) is 14.3. The Morgan fingerprint density at radius 3 is 2.79 bits per heavy atom. The van der Waals surface area contributed by atoms with Gasteiger partial charge in [-0.05, 0) is 36.5 Å². The normalized spacial score (nSPS) is 14.9. The summed E-state index contributed by atoms with van der Waals surface area (Å²) in [6, 6.07) is 5.13. The van der Waals surface area contributed by atoms with Crippen LogP contribution in [0.15, 0.2) is 18.2 Å². The van der Waals surface area contributed by atoms with Gasteiger partial charge in [0.2, 0.25) is 0 Å². The van der Waals surface area contributed by atoms with E-state index in [1.165, 1.54) is 25.0 Å². The Balaban J connectivity index is 1.80. The Kier molecular flexibility index (Phi) is 5.16. The molecule has 4 heteroatoms. The van der Waals surface area contributed by atoms with E-state index in [2.05, 4.69) is 19.2 Å². The molecule has 1 fully saturated rings. The van der Waals surface area contributed by atoms with Crippen molar-refractivity contribution in [1.29, 1.82) is 0 Å². The molecule has 0 aliphatic heterocycles. The third kappa shape index (κ3) is 5.57. The van der Waals surface area contributed by atoms with Gasteiger partial charge in [-0.1, -0.05) is 13.8 Å². The summed E-state index contributed by atoms with van der Waals surface area (Å²) in [6.45, 7) is 5.69. The minimum atomic E-state index is -0.278. The van der Waals surface area contributed by atoms with Gasteiger partial charge in [-0.2, -0.15) is 0 Å². The van der Waals surface area contributed by atoms with Crippen molar-refractivity contribution in [2.45, 2.75) is 39.3 Å². The van der Waals surface area contributed by atoms with Crippen molar-refractivity contribution in [3.05, 3.63) is 29.6 Å². The van der Waals surface area contributed by atoms with Gasteiger partial charge in [0.15, 0.2) is 6.79 Å². The molecule has 1 aromatic carbocycles. The molecule has 0 heterocycles. The molecule has 1 aliphatic rings. The number of halogens is 1. The molecule has 1 N–H and O–H groups in total. The van der Waals surface area contributed by atoms with Gasteiger partial charge in [0.1, 0.15) is 11.6 Å². The highest BCUT2D eigenvalue weighted by Gasteiger charge is 2.21. The van der Waals surface area contributed by atoms with E-state index < -0.39 is 0 Å². The minimum absolute atomic E-state index is 0.191. The number of nitrogens with one attached hydrogen (secondary N) is 1. The van der Waals surface area contributed by atoms with Gasteiger partial charge < -0.3 is 14.8 Å². The number of rotatable bonds is 8. The second kappa shape index (κ2) is 6.87. The highest BCUT2D eigenvalue weighted by atomic mass is 19.1. The quantitative estimate of drug-likeness (QED) is 0.580. The van der Waals surface area contributed by atoms with Crippen molar-refractivity contribution in [1.82, 2.24) is 5.32 Å². The summed E-state index contributed by atoms with van der Waals surface area (Å²) in [5, 5.41) is 3.25. The van der Waals surface area contributed by atoms with Gasteiger partial charge in [-0.25, -0.2) is 4.39 Å². The van der Waals surface area contributed by atoms with Crippen LogP contribution >= 0.6 is 0 Å². The molecular weight excluding hydrogens is 245 g/mol. The van der Waals surface area contributed by atoms with Crippen LogP contribution in [-0.2, 0) is 11.3 Å². The zero-order chi connectivity index (χ0) is 13.7. The van der Waals surface area contributed by atoms with Crippen molar-refractivity contribution < 1.29 is 13.9 Å². The van der Waals surface area contributed by atoms with Crippen LogP contribution in [0, 0.1) is 11.7 Å². The van der Waals surface area contributed by atoms with Crippen LogP contribution in [-0.4, -0.2) is 19.4 Å². The van der Waals surface area contributed by atoms with E-state index in [4.69, 9.17) is 9.47 Å². The summed E-state index contributed by atoms with van der Waals surface area (Å²) in [5.41, 5.74) is 0.880. The Labute approximate surface area is 114 Å². The van der Waals surface area contributed by atoms with E-state index >= 15 is 0 Å². The average molecular weight is 267 g/mol. The molecule has 106 valence electrons. The molecule has 0 saturated heterocycles. The van der Waals surface area contributed by atoms with Gasteiger partial charge in [-0.3, -0.25) is 0 Å². The third-order valence-electron chi connectivity index (χ3n) is 3.00. The standard InChI is InChI=1S/C15H22FNO2/c1-11(2)17-8-13-5-14(16)7-15(6-13)19-10-18-9-12-3-4-12/h5-7,11-12,17H,3-4,8-10H2,1-2H3. The maximum atomic E-state index is 13.5. The second-order valence-electron chi connectivity index (χ2n) is 5.41. The fourth-order valence-electron chi connectivity index (χ4n) is 1.74. The Morgan fingerprint density at radius 1 is 1.32 bits per heavy atom. The van der Waals surface area contributed by atoms with E-state index in [-0.39, 0.29) is 12.6 Å². The first-order chi connectivity index (χ1) is 9.13. The zero-order valence-electron chi connectivity index (χ0n) is 11.6. The van der Waals surface area contributed by atoms with E-state index in [1.807, 2.05) is 6.07 Å². The molecule has 0 radical (unpaired) electrons. The summed E-state index contributed by atoms with van der Waals surface area (Å²) >= 11 is 0. The maximum absolute atomic E-state index is 13.5. The molecule has 0 unspecified atom stereocenters. The van der Waals surface area contributed by atoms with E-state index in [0.29, 0.717) is 24.3 Å². The zero-order valence-corrected chi connectivity index (χ0v) is 11.6. The smallest absolute Gasteiger partial charge is 0.189 e. The molecule has 0 amide bonds. The average Bonchev–Trinajstić information content (AvgIpc) is 3.16. The lowest BCUT2D eigenvalue weighted by atomic mass is 10.2. The molecule has 0 atom stereocenters.